The number of hydrogen-bond acceptors (Lipinski definition) is 6. The van der Waals surface area contributed by atoms with Crippen LogP contribution in [0.4, 0.5) is 5.69 Å². The van der Waals surface area contributed by atoms with Crippen molar-refractivity contribution in [2.24, 2.45) is 0 Å². The fourth-order valence-corrected chi connectivity index (χ4v) is 2.82. The molecule has 5 nitrogen and oxygen atoms in total. The van der Waals surface area contributed by atoms with Crippen LogP contribution in [-0.4, -0.2) is 27.3 Å². The van der Waals surface area contributed by atoms with Crippen LogP contribution in [0.25, 0.3) is 10.1 Å². The number of benzene rings is 1. The highest BCUT2D eigenvalue weighted by molar-refractivity contribution is 7.21. The molecule has 0 bridgehead atoms. The molecule has 0 aliphatic rings. The molecule has 2 aromatic rings. The number of anilines is 1. The van der Waals surface area contributed by atoms with Crippen LogP contribution in [0.3, 0.4) is 0 Å². The molecular weight excluding hydrogens is 254 g/mol. The van der Waals surface area contributed by atoms with Gasteiger partial charge in [-0.25, -0.2) is 4.79 Å². The van der Waals surface area contributed by atoms with Gasteiger partial charge in [0.1, 0.15) is 10.6 Å². The number of nitrogen functional groups attached to an aromatic ring is 1. The zero-order chi connectivity index (χ0) is 13.3. The van der Waals surface area contributed by atoms with Crippen molar-refractivity contribution in [2.45, 2.75) is 0 Å². The molecule has 0 saturated carbocycles. The minimum absolute atomic E-state index is 0.390. The van der Waals surface area contributed by atoms with Crippen LogP contribution in [-0.2, 0) is 4.74 Å². The molecule has 0 radical (unpaired) electrons. The van der Waals surface area contributed by atoms with Gasteiger partial charge in [0, 0.05) is 11.5 Å². The lowest BCUT2D eigenvalue weighted by Gasteiger charge is -2.08. The molecule has 0 spiro atoms. The highest BCUT2D eigenvalue weighted by Crippen LogP contribution is 2.43. The summed E-state index contributed by atoms with van der Waals surface area (Å²) in [6.07, 6.45) is 0. The molecule has 1 heterocycles. The summed E-state index contributed by atoms with van der Waals surface area (Å²) in [5, 5.41) is 0.750. The molecule has 96 valence electrons. The number of hydrogen-bond donors (Lipinski definition) is 1. The van der Waals surface area contributed by atoms with Gasteiger partial charge in [-0.15, -0.1) is 11.3 Å². The molecular formula is C12H13NO4S. The number of fused-ring (bicyclic) bond motifs is 1. The third kappa shape index (κ3) is 1.84. The van der Waals surface area contributed by atoms with Crippen molar-refractivity contribution in [3.63, 3.8) is 0 Å². The summed E-state index contributed by atoms with van der Waals surface area (Å²) in [4.78, 5) is 12.0. The van der Waals surface area contributed by atoms with E-state index in [2.05, 4.69) is 0 Å². The number of esters is 1. The van der Waals surface area contributed by atoms with Crippen molar-refractivity contribution in [3.05, 3.63) is 17.0 Å². The topological polar surface area (TPSA) is 70.8 Å². The zero-order valence-corrected chi connectivity index (χ0v) is 11.1. The van der Waals surface area contributed by atoms with E-state index in [1.165, 1.54) is 25.6 Å². The van der Waals surface area contributed by atoms with E-state index in [1.807, 2.05) is 0 Å². The van der Waals surface area contributed by atoms with Gasteiger partial charge < -0.3 is 19.9 Å². The van der Waals surface area contributed by atoms with Crippen LogP contribution in [0.5, 0.6) is 11.5 Å². The first kappa shape index (κ1) is 12.5. The van der Waals surface area contributed by atoms with E-state index >= 15 is 0 Å². The van der Waals surface area contributed by atoms with E-state index in [1.54, 1.807) is 19.2 Å². The monoisotopic (exact) mass is 267 g/mol. The number of carbonyl (C=O) groups excluding carboxylic acids is 1. The second-order valence-electron chi connectivity index (χ2n) is 3.55. The largest absolute Gasteiger partial charge is 0.495 e. The second kappa shape index (κ2) is 4.73. The van der Waals surface area contributed by atoms with Crippen LogP contribution < -0.4 is 15.2 Å². The average Bonchev–Trinajstić information content (AvgIpc) is 2.81. The van der Waals surface area contributed by atoms with Crippen LogP contribution in [0.2, 0.25) is 0 Å². The zero-order valence-electron chi connectivity index (χ0n) is 10.3. The van der Waals surface area contributed by atoms with E-state index in [-0.39, 0.29) is 5.97 Å². The first-order chi connectivity index (χ1) is 8.62. The molecule has 2 rings (SSSR count). The van der Waals surface area contributed by atoms with Gasteiger partial charge in [0.2, 0.25) is 0 Å². The summed E-state index contributed by atoms with van der Waals surface area (Å²) in [6.45, 7) is 0. The van der Waals surface area contributed by atoms with E-state index < -0.39 is 0 Å². The number of nitrogens with two attached hydrogens (primary N) is 1. The molecule has 1 aromatic carbocycles. The third-order valence-corrected chi connectivity index (χ3v) is 3.69. The highest BCUT2D eigenvalue weighted by atomic mass is 32.1. The Morgan fingerprint density at radius 2 is 1.94 bits per heavy atom. The van der Waals surface area contributed by atoms with Gasteiger partial charge in [-0.05, 0) is 6.07 Å². The lowest BCUT2D eigenvalue weighted by Crippen LogP contribution is -1.96. The Balaban J connectivity index is 2.75. The SMILES string of the molecule is COC(=O)c1cc2c(OC)c(N)cc(OC)c2s1. The molecule has 6 heteroatoms. The Kier molecular flexibility index (Phi) is 3.29. The van der Waals surface area contributed by atoms with Crippen molar-refractivity contribution in [1.29, 1.82) is 0 Å². The quantitative estimate of drug-likeness (QED) is 0.682. The molecule has 2 N–H and O–H groups in total. The predicted octanol–water partition coefficient (Wildman–Crippen LogP) is 2.29. The first-order valence-electron chi connectivity index (χ1n) is 5.14. The maximum atomic E-state index is 11.5. The molecule has 0 aliphatic heterocycles. The third-order valence-electron chi connectivity index (χ3n) is 2.56. The van der Waals surface area contributed by atoms with Gasteiger partial charge in [-0.1, -0.05) is 0 Å². The lowest BCUT2D eigenvalue weighted by atomic mass is 10.2. The van der Waals surface area contributed by atoms with Gasteiger partial charge in [-0.3, -0.25) is 0 Å². The van der Waals surface area contributed by atoms with E-state index in [4.69, 9.17) is 19.9 Å². The Morgan fingerprint density at radius 1 is 1.22 bits per heavy atom. The minimum atomic E-state index is -0.390. The number of methoxy groups -OCH3 is 3. The molecule has 0 aliphatic carbocycles. The summed E-state index contributed by atoms with van der Waals surface area (Å²) in [5.41, 5.74) is 6.34. The van der Waals surface area contributed by atoms with E-state index in [0.717, 1.165) is 10.1 Å². The molecule has 0 unspecified atom stereocenters. The molecule has 1 aromatic heterocycles. The van der Waals surface area contributed by atoms with Gasteiger partial charge >= 0.3 is 5.97 Å². The summed E-state index contributed by atoms with van der Waals surface area (Å²) in [6, 6.07) is 3.38. The summed E-state index contributed by atoms with van der Waals surface area (Å²) in [7, 11) is 4.43. The molecule has 0 amide bonds. The number of rotatable bonds is 3. The summed E-state index contributed by atoms with van der Waals surface area (Å²) in [5.74, 6) is 0.763. The fraction of sp³-hybridized carbons (Fsp3) is 0.250. The van der Waals surface area contributed by atoms with Gasteiger partial charge in [0.05, 0.1) is 31.7 Å². The Morgan fingerprint density at radius 3 is 2.50 bits per heavy atom. The summed E-state index contributed by atoms with van der Waals surface area (Å²) < 4.78 is 16.0. The molecule has 0 atom stereocenters. The minimum Gasteiger partial charge on any atom is -0.495 e. The van der Waals surface area contributed by atoms with Gasteiger partial charge in [0.15, 0.2) is 5.75 Å². The smallest absolute Gasteiger partial charge is 0.348 e. The van der Waals surface area contributed by atoms with Crippen LogP contribution >= 0.6 is 11.3 Å². The van der Waals surface area contributed by atoms with Crippen molar-refractivity contribution in [2.75, 3.05) is 27.1 Å². The standard InChI is InChI=1S/C12H13NO4S/c1-15-8-5-7(13)10(16-2)6-4-9(12(14)17-3)18-11(6)8/h4-5H,13H2,1-3H3. The van der Waals surface area contributed by atoms with Crippen molar-refractivity contribution in [1.82, 2.24) is 0 Å². The molecule has 0 fully saturated rings. The van der Waals surface area contributed by atoms with Gasteiger partial charge in [-0.2, -0.15) is 0 Å². The average molecular weight is 267 g/mol. The van der Waals surface area contributed by atoms with E-state index in [9.17, 15) is 4.79 Å². The number of ether oxygens (including phenoxy) is 3. The first-order valence-corrected chi connectivity index (χ1v) is 5.96. The Hall–Kier alpha value is -1.95. The van der Waals surface area contributed by atoms with Crippen molar-refractivity contribution >= 4 is 33.1 Å². The predicted molar refractivity (Wildman–Crippen MR) is 70.7 cm³/mol. The Bertz CT molecular complexity index is 606. The summed E-state index contributed by atoms with van der Waals surface area (Å²) >= 11 is 1.28. The lowest BCUT2D eigenvalue weighted by molar-refractivity contribution is 0.0606. The van der Waals surface area contributed by atoms with Crippen molar-refractivity contribution in [3.8, 4) is 11.5 Å². The molecule has 0 saturated heterocycles. The van der Waals surface area contributed by atoms with Crippen LogP contribution in [0.15, 0.2) is 12.1 Å². The van der Waals surface area contributed by atoms with Crippen LogP contribution in [0, 0.1) is 0 Å². The van der Waals surface area contributed by atoms with Gasteiger partial charge in [0.25, 0.3) is 0 Å². The number of carbonyl (C=O) groups is 1. The Labute approximate surface area is 108 Å². The highest BCUT2D eigenvalue weighted by Gasteiger charge is 2.18. The maximum Gasteiger partial charge on any atom is 0.348 e. The van der Waals surface area contributed by atoms with Crippen molar-refractivity contribution < 1.29 is 19.0 Å². The second-order valence-corrected chi connectivity index (χ2v) is 4.60. The van der Waals surface area contributed by atoms with E-state index in [0.29, 0.717) is 22.1 Å². The normalized spacial score (nSPS) is 10.4. The fourth-order valence-electron chi connectivity index (χ4n) is 1.75. The molecule has 18 heavy (non-hydrogen) atoms. The van der Waals surface area contributed by atoms with Crippen LogP contribution in [0.1, 0.15) is 9.67 Å². The number of thiophene rings is 1. The maximum absolute atomic E-state index is 11.5.